The molecule has 4 rings (SSSR count). The third kappa shape index (κ3) is 3.61. The van der Waals surface area contributed by atoms with Gasteiger partial charge in [0.2, 0.25) is 0 Å². The van der Waals surface area contributed by atoms with E-state index in [0.717, 1.165) is 32.1 Å². The summed E-state index contributed by atoms with van der Waals surface area (Å²) in [7, 11) is -4.67. The first-order chi connectivity index (χ1) is 12.0. The minimum Gasteiger partial charge on any atom is -0.508 e. The topological polar surface area (TPSA) is 135 Å². The van der Waals surface area contributed by atoms with Gasteiger partial charge in [0.05, 0.1) is 12.2 Å². The molecular weight excluding hydrogens is 360 g/mol. The molecule has 8 heteroatoms. The first-order valence-corrected chi connectivity index (χ1v) is 10.3. The molecule has 7 nitrogen and oxygen atoms in total. The summed E-state index contributed by atoms with van der Waals surface area (Å²) in [6.07, 6.45) is 3.80. The summed E-state index contributed by atoms with van der Waals surface area (Å²) in [4.78, 5) is 0. The van der Waals surface area contributed by atoms with Gasteiger partial charge in [-0.15, -0.1) is 0 Å². The second kappa shape index (κ2) is 6.76. The molecule has 3 aliphatic carbocycles. The first kappa shape index (κ1) is 19.6. The fraction of sp³-hybridized carbons (Fsp3) is 0.667. The van der Waals surface area contributed by atoms with Crippen LogP contribution >= 0.6 is 0 Å². The predicted octanol–water partition coefficient (Wildman–Crippen LogP) is 1.93. The SMILES string of the molecule is CC12CCC3c4ccc(O)cc4CCC3C1CC(O)C2O.O=S(=O)(O)O. The summed E-state index contributed by atoms with van der Waals surface area (Å²) in [5.74, 6) is 1.88. The van der Waals surface area contributed by atoms with Gasteiger partial charge in [-0.1, -0.05) is 13.0 Å². The van der Waals surface area contributed by atoms with Crippen molar-refractivity contribution >= 4 is 10.4 Å². The Morgan fingerprint density at radius 1 is 1.15 bits per heavy atom. The average Bonchev–Trinajstić information content (AvgIpc) is 2.76. The molecule has 0 bridgehead atoms. The fourth-order valence-electron chi connectivity index (χ4n) is 5.56. The lowest BCUT2D eigenvalue weighted by molar-refractivity contribution is -0.0505. The van der Waals surface area contributed by atoms with E-state index in [9.17, 15) is 15.3 Å². The molecule has 2 fully saturated rings. The van der Waals surface area contributed by atoms with Crippen LogP contribution in [0.2, 0.25) is 0 Å². The third-order valence-corrected chi connectivity index (χ3v) is 6.68. The fourth-order valence-corrected chi connectivity index (χ4v) is 5.56. The second-order valence-electron chi connectivity index (χ2n) is 8.04. The van der Waals surface area contributed by atoms with Gasteiger partial charge >= 0.3 is 10.4 Å². The largest absolute Gasteiger partial charge is 0.508 e. The molecule has 0 aromatic heterocycles. The van der Waals surface area contributed by atoms with Crippen LogP contribution in [-0.4, -0.2) is 45.1 Å². The molecule has 0 radical (unpaired) electrons. The van der Waals surface area contributed by atoms with Crippen molar-refractivity contribution in [1.82, 2.24) is 0 Å². The highest BCUT2D eigenvalue weighted by atomic mass is 32.3. The maximum atomic E-state index is 10.4. The van der Waals surface area contributed by atoms with Crippen molar-refractivity contribution in [3.8, 4) is 5.75 Å². The number of hydrogen-bond acceptors (Lipinski definition) is 5. The number of fused-ring (bicyclic) bond motifs is 5. The summed E-state index contributed by atoms with van der Waals surface area (Å²) < 4.78 is 31.6. The average molecular weight is 386 g/mol. The highest BCUT2D eigenvalue weighted by molar-refractivity contribution is 7.79. The standard InChI is InChI=1S/C18H24O3.H2O4S/c1-18-7-6-13-12-5-3-11(19)8-10(12)2-4-14(13)15(18)9-16(20)17(18)21;1-5(2,3)4/h3,5,8,13-17,19-21H,2,4,6-7,9H2,1H3;(H2,1,2,3,4). The van der Waals surface area contributed by atoms with Crippen LogP contribution in [0.3, 0.4) is 0 Å². The number of aryl methyl sites for hydroxylation is 1. The Morgan fingerprint density at radius 2 is 1.81 bits per heavy atom. The number of phenolic OH excluding ortho intramolecular Hbond substituents is 1. The van der Waals surface area contributed by atoms with Crippen LogP contribution in [0, 0.1) is 17.3 Å². The zero-order valence-corrected chi connectivity index (χ0v) is 15.4. The van der Waals surface area contributed by atoms with Gasteiger partial charge in [-0.05, 0) is 78.5 Å². The second-order valence-corrected chi connectivity index (χ2v) is 8.93. The lowest BCUT2D eigenvalue weighted by atomic mass is 9.55. The lowest BCUT2D eigenvalue weighted by Crippen LogP contribution is -2.44. The van der Waals surface area contributed by atoms with Crippen LogP contribution < -0.4 is 0 Å². The Balaban J connectivity index is 0.000000349. The van der Waals surface area contributed by atoms with Crippen molar-refractivity contribution in [2.45, 2.75) is 57.2 Å². The number of benzene rings is 1. The maximum Gasteiger partial charge on any atom is 0.394 e. The Kier molecular flexibility index (Phi) is 5.09. The van der Waals surface area contributed by atoms with E-state index in [2.05, 4.69) is 13.0 Å². The van der Waals surface area contributed by atoms with Crippen molar-refractivity contribution < 1.29 is 32.8 Å². The van der Waals surface area contributed by atoms with Crippen LogP contribution in [0.4, 0.5) is 0 Å². The molecule has 0 saturated heterocycles. The minimum atomic E-state index is -4.67. The third-order valence-electron chi connectivity index (χ3n) is 6.68. The lowest BCUT2D eigenvalue weighted by Gasteiger charge is -2.49. The van der Waals surface area contributed by atoms with E-state index in [-0.39, 0.29) is 5.41 Å². The van der Waals surface area contributed by atoms with Crippen molar-refractivity contribution in [2.75, 3.05) is 0 Å². The first-order valence-electron chi connectivity index (χ1n) is 8.88. The Bertz CT molecular complexity index is 770. The number of hydrogen-bond donors (Lipinski definition) is 5. The molecule has 2 saturated carbocycles. The zero-order chi connectivity index (χ0) is 19.3. The molecule has 6 unspecified atom stereocenters. The van der Waals surface area contributed by atoms with Crippen LogP contribution in [0.1, 0.15) is 49.7 Å². The van der Waals surface area contributed by atoms with Gasteiger partial charge in [-0.25, -0.2) is 0 Å². The van der Waals surface area contributed by atoms with Crippen molar-refractivity contribution in [3.05, 3.63) is 29.3 Å². The molecule has 0 spiro atoms. The number of aromatic hydroxyl groups is 1. The number of aliphatic hydroxyl groups excluding tert-OH is 2. The van der Waals surface area contributed by atoms with E-state index in [1.165, 1.54) is 11.1 Å². The van der Waals surface area contributed by atoms with Crippen molar-refractivity contribution in [1.29, 1.82) is 0 Å². The van der Waals surface area contributed by atoms with Gasteiger partial charge in [-0.2, -0.15) is 8.42 Å². The molecular formula is C18H26O7S. The monoisotopic (exact) mass is 386 g/mol. The molecule has 1 aromatic carbocycles. The number of phenols is 1. The smallest absolute Gasteiger partial charge is 0.394 e. The van der Waals surface area contributed by atoms with E-state index >= 15 is 0 Å². The van der Waals surface area contributed by atoms with E-state index in [0.29, 0.717) is 23.5 Å². The normalized spacial score (nSPS) is 38.4. The molecule has 1 aromatic rings. The molecule has 146 valence electrons. The molecule has 0 heterocycles. The highest BCUT2D eigenvalue weighted by Crippen LogP contribution is 2.60. The zero-order valence-electron chi connectivity index (χ0n) is 14.6. The van der Waals surface area contributed by atoms with E-state index in [1.54, 1.807) is 6.07 Å². The Labute approximate surface area is 153 Å². The molecule has 0 aliphatic heterocycles. The summed E-state index contributed by atoms with van der Waals surface area (Å²) in [5, 5.41) is 30.2. The van der Waals surface area contributed by atoms with Gasteiger partial charge in [0.25, 0.3) is 0 Å². The van der Waals surface area contributed by atoms with Crippen molar-refractivity contribution in [2.24, 2.45) is 17.3 Å². The predicted molar refractivity (Wildman–Crippen MR) is 94.3 cm³/mol. The summed E-state index contributed by atoms with van der Waals surface area (Å²) in [6.45, 7) is 2.17. The Hall–Kier alpha value is -1.19. The van der Waals surface area contributed by atoms with Gasteiger partial charge in [0.1, 0.15) is 5.75 Å². The van der Waals surface area contributed by atoms with Gasteiger partial charge in [0, 0.05) is 0 Å². The quantitative estimate of drug-likeness (QED) is 0.430. The molecule has 0 amide bonds. The van der Waals surface area contributed by atoms with Crippen molar-refractivity contribution in [3.63, 3.8) is 0 Å². The molecule has 26 heavy (non-hydrogen) atoms. The van der Waals surface area contributed by atoms with E-state index in [4.69, 9.17) is 17.5 Å². The van der Waals surface area contributed by atoms with E-state index in [1.807, 2.05) is 6.07 Å². The molecule has 5 N–H and O–H groups in total. The summed E-state index contributed by atoms with van der Waals surface area (Å²) in [6, 6.07) is 5.80. The van der Waals surface area contributed by atoms with E-state index < -0.39 is 22.6 Å². The van der Waals surface area contributed by atoms with Gasteiger partial charge in [0.15, 0.2) is 0 Å². The van der Waals surface area contributed by atoms with Crippen LogP contribution in [-0.2, 0) is 16.8 Å². The molecule has 3 aliphatic rings. The molecule has 6 atom stereocenters. The minimum absolute atomic E-state index is 0.116. The highest BCUT2D eigenvalue weighted by Gasteiger charge is 2.57. The number of rotatable bonds is 0. The van der Waals surface area contributed by atoms with Crippen LogP contribution in [0.15, 0.2) is 18.2 Å². The maximum absolute atomic E-state index is 10.4. The van der Waals surface area contributed by atoms with Crippen LogP contribution in [0.25, 0.3) is 0 Å². The summed E-state index contributed by atoms with van der Waals surface area (Å²) >= 11 is 0. The summed E-state index contributed by atoms with van der Waals surface area (Å²) in [5.41, 5.74) is 2.57. The number of aliphatic hydroxyl groups is 2. The van der Waals surface area contributed by atoms with Crippen LogP contribution in [0.5, 0.6) is 5.75 Å². The van der Waals surface area contributed by atoms with Gasteiger partial charge < -0.3 is 15.3 Å². The van der Waals surface area contributed by atoms with Gasteiger partial charge in [-0.3, -0.25) is 9.11 Å². The Morgan fingerprint density at radius 3 is 2.46 bits per heavy atom.